The smallest absolute Gasteiger partial charge is 0.251 e. The Morgan fingerprint density at radius 1 is 1.47 bits per heavy atom. The summed E-state index contributed by atoms with van der Waals surface area (Å²) in [6, 6.07) is 5.05. The molecule has 90 valence electrons. The summed E-state index contributed by atoms with van der Waals surface area (Å²) in [5.41, 5.74) is 0. The maximum absolute atomic E-state index is 11.8. The maximum atomic E-state index is 11.8. The van der Waals surface area contributed by atoms with Crippen molar-refractivity contribution in [2.24, 2.45) is 0 Å². The molecule has 0 aliphatic carbocycles. The predicted molar refractivity (Wildman–Crippen MR) is 66.4 cm³/mol. The number of nitrogens with one attached hydrogen (secondary N) is 1. The van der Waals surface area contributed by atoms with Crippen LogP contribution in [-0.2, 0) is 9.59 Å². The van der Waals surface area contributed by atoms with Crippen LogP contribution in [0.2, 0.25) is 0 Å². The van der Waals surface area contributed by atoms with Gasteiger partial charge in [0, 0.05) is 13.5 Å². The quantitative estimate of drug-likeness (QED) is 0.662. The first-order valence-electron chi connectivity index (χ1n) is 5.27. The van der Waals surface area contributed by atoms with E-state index in [1.807, 2.05) is 12.1 Å². The molecule has 0 saturated carbocycles. The number of amides is 2. The second-order valence-corrected chi connectivity index (χ2v) is 4.68. The van der Waals surface area contributed by atoms with Gasteiger partial charge in [-0.05, 0) is 34.5 Å². The highest BCUT2D eigenvalue weighted by Crippen LogP contribution is 2.17. The molecule has 0 bridgehead atoms. The maximum Gasteiger partial charge on any atom is 0.251 e. The van der Waals surface area contributed by atoms with E-state index in [0.717, 1.165) is 0 Å². The van der Waals surface area contributed by atoms with Crippen LogP contribution in [0.25, 0.3) is 0 Å². The van der Waals surface area contributed by atoms with Crippen molar-refractivity contribution >= 4 is 33.6 Å². The van der Waals surface area contributed by atoms with Crippen LogP contribution in [0, 0.1) is 0 Å². The first-order valence-corrected chi connectivity index (χ1v) is 6.07. The summed E-state index contributed by atoms with van der Waals surface area (Å²) in [7, 11) is 1.51. The highest BCUT2D eigenvalue weighted by molar-refractivity contribution is 9.10. The van der Waals surface area contributed by atoms with Crippen molar-refractivity contribution in [2.45, 2.75) is 18.9 Å². The van der Waals surface area contributed by atoms with E-state index in [9.17, 15) is 9.59 Å². The number of nitrogens with zero attached hydrogens (tertiary/aromatic N) is 2. The molecule has 0 aromatic carbocycles. The minimum absolute atomic E-state index is 0.129. The van der Waals surface area contributed by atoms with Crippen LogP contribution < -0.4 is 5.32 Å². The Balaban J connectivity index is 2.09. The number of likely N-dealkylation sites (N-methyl/N-ethyl adjacent to an activating group) is 1. The Morgan fingerprint density at radius 3 is 2.94 bits per heavy atom. The Labute approximate surface area is 107 Å². The first kappa shape index (κ1) is 12.0. The normalized spacial score (nSPS) is 20.6. The molecule has 0 spiro atoms. The van der Waals surface area contributed by atoms with E-state index < -0.39 is 0 Å². The molecule has 6 heteroatoms. The number of carbonyl (C=O) groups excluding carboxylic acids is 2. The van der Waals surface area contributed by atoms with Gasteiger partial charge in [-0.1, -0.05) is 6.07 Å². The zero-order valence-electron chi connectivity index (χ0n) is 9.31. The Hall–Kier alpha value is -1.43. The fourth-order valence-electron chi connectivity index (χ4n) is 1.72. The zero-order chi connectivity index (χ0) is 12.4. The molecule has 1 aromatic heterocycles. The lowest BCUT2D eigenvalue weighted by atomic mass is 10.0. The summed E-state index contributed by atoms with van der Waals surface area (Å²) in [5, 5.41) is 3.04. The molecule has 5 nitrogen and oxygen atoms in total. The molecule has 2 heterocycles. The first-order chi connectivity index (χ1) is 8.08. The molecule has 1 saturated heterocycles. The highest BCUT2D eigenvalue weighted by atomic mass is 79.9. The van der Waals surface area contributed by atoms with E-state index in [-0.39, 0.29) is 17.9 Å². The number of hydrogen-bond acceptors (Lipinski definition) is 4. The standard InChI is InChI=1S/C11H12BrN3O2/c1-15-10(16)6-5-7(11(15)17)13-9-4-2-3-8(12)14-9/h2-4,7H,5-6H2,1H3,(H,13,14). The third-order valence-corrected chi connectivity index (χ3v) is 3.13. The van der Waals surface area contributed by atoms with Gasteiger partial charge in [-0.15, -0.1) is 0 Å². The van der Waals surface area contributed by atoms with E-state index in [1.54, 1.807) is 6.07 Å². The average molecular weight is 298 g/mol. The van der Waals surface area contributed by atoms with Gasteiger partial charge in [0.15, 0.2) is 0 Å². The minimum atomic E-state index is -0.375. The number of halogens is 1. The summed E-state index contributed by atoms with van der Waals surface area (Å²) in [6.07, 6.45) is 0.893. The number of imide groups is 1. The minimum Gasteiger partial charge on any atom is -0.358 e. The van der Waals surface area contributed by atoms with E-state index in [2.05, 4.69) is 26.2 Å². The van der Waals surface area contributed by atoms with Gasteiger partial charge < -0.3 is 5.32 Å². The zero-order valence-corrected chi connectivity index (χ0v) is 10.9. The average Bonchev–Trinajstić information content (AvgIpc) is 2.30. The second-order valence-electron chi connectivity index (χ2n) is 3.87. The highest BCUT2D eigenvalue weighted by Gasteiger charge is 2.31. The monoisotopic (exact) mass is 297 g/mol. The van der Waals surface area contributed by atoms with Crippen LogP contribution in [0.3, 0.4) is 0 Å². The lowest BCUT2D eigenvalue weighted by Crippen LogP contribution is -2.48. The molecule has 1 atom stereocenters. The van der Waals surface area contributed by atoms with Crippen LogP contribution in [0.1, 0.15) is 12.8 Å². The molecule has 17 heavy (non-hydrogen) atoms. The lowest BCUT2D eigenvalue weighted by molar-refractivity contribution is -0.146. The molecule has 0 radical (unpaired) electrons. The summed E-state index contributed by atoms with van der Waals surface area (Å²) in [6.45, 7) is 0. The molecule has 1 fully saturated rings. The largest absolute Gasteiger partial charge is 0.358 e. The number of rotatable bonds is 2. The molecule has 1 aliphatic heterocycles. The Bertz CT molecular complexity index is 464. The van der Waals surface area contributed by atoms with Crippen molar-refractivity contribution in [3.05, 3.63) is 22.8 Å². The van der Waals surface area contributed by atoms with Crippen LogP contribution in [0.4, 0.5) is 5.82 Å². The fourth-order valence-corrected chi connectivity index (χ4v) is 2.06. The number of aromatic nitrogens is 1. The predicted octanol–water partition coefficient (Wildman–Crippen LogP) is 1.40. The fraction of sp³-hybridized carbons (Fsp3) is 0.364. The molecular weight excluding hydrogens is 286 g/mol. The summed E-state index contributed by atoms with van der Waals surface area (Å²) >= 11 is 3.26. The third kappa shape index (κ3) is 2.63. The number of carbonyl (C=O) groups is 2. The number of likely N-dealkylation sites (tertiary alicyclic amines) is 1. The summed E-state index contributed by atoms with van der Waals surface area (Å²) in [4.78, 5) is 28.5. The molecule has 2 amide bonds. The Kier molecular flexibility index (Phi) is 3.42. The van der Waals surface area contributed by atoms with E-state index >= 15 is 0 Å². The van der Waals surface area contributed by atoms with Crippen molar-refractivity contribution in [3.63, 3.8) is 0 Å². The third-order valence-electron chi connectivity index (χ3n) is 2.69. The van der Waals surface area contributed by atoms with Crippen molar-refractivity contribution in [2.75, 3.05) is 12.4 Å². The Morgan fingerprint density at radius 2 is 2.24 bits per heavy atom. The molecule has 1 aliphatic rings. The summed E-state index contributed by atoms with van der Waals surface area (Å²) in [5.74, 6) is 0.291. The van der Waals surface area contributed by atoms with Gasteiger partial charge >= 0.3 is 0 Å². The van der Waals surface area contributed by atoms with Crippen LogP contribution in [0.5, 0.6) is 0 Å². The van der Waals surface area contributed by atoms with Crippen molar-refractivity contribution < 1.29 is 9.59 Å². The SMILES string of the molecule is CN1C(=O)CCC(Nc2cccc(Br)n2)C1=O. The summed E-state index contributed by atoms with van der Waals surface area (Å²) < 4.78 is 0.704. The van der Waals surface area contributed by atoms with E-state index in [4.69, 9.17) is 0 Å². The van der Waals surface area contributed by atoms with Gasteiger partial charge in [-0.2, -0.15) is 0 Å². The van der Waals surface area contributed by atoms with E-state index in [0.29, 0.717) is 23.3 Å². The van der Waals surface area contributed by atoms with Gasteiger partial charge in [-0.25, -0.2) is 4.98 Å². The van der Waals surface area contributed by atoms with Gasteiger partial charge in [0.1, 0.15) is 16.5 Å². The van der Waals surface area contributed by atoms with Crippen LogP contribution in [-0.4, -0.2) is 34.8 Å². The molecule has 2 rings (SSSR count). The number of anilines is 1. The van der Waals surface area contributed by atoms with Gasteiger partial charge in [0.25, 0.3) is 5.91 Å². The van der Waals surface area contributed by atoms with E-state index in [1.165, 1.54) is 11.9 Å². The molecular formula is C11H12BrN3O2. The van der Waals surface area contributed by atoms with Crippen molar-refractivity contribution in [3.8, 4) is 0 Å². The number of pyridine rings is 1. The van der Waals surface area contributed by atoms with Gasteiger partial charge in [0.05, 0.1) is 0 Å². The molecule has 1 aromatic rings. The molecule has 1 N–H and O–H groups in total. The number of piperidine rings is 1. The van der Waals surface area contributed by atoms with Gasteiger partial charge in [-0.3, -0.25) is 14.5 Å². The topological polar surface area (TPSA) is 62.3 Å². The van der Waals surface area contributed by atoms with Crippen molar-refractivity contribution in [1.82, 2.24) is 9.88 Å². The second kappa shape index (κ2) is 4.83. The van der Waals surface area contributed by atoms with Crippen molar-refractivity contribution in [1.29, 1.82) is 0 Å². The van der Waals surface area contributed by atoms with Crippen LogP contribution >= 0.6 is 15.9 Å². The number of hydrogen-bond donors (Lipinski definition) is 1. The molecule has 1 unspecified atom stereocenters. The van der Waals surface area contributed by atoms with Crippen LogP contribution in [0.15, 0.2) is 22.8 Å². The van der Waals surface area contributed by atoms with Gasteiger partial charge in [0.2, 0.25) is 5.91 Å². The lowest BCUT2D eigenvalue weighted by Gasteiger charge is -2.28.